The average Bonchev–Trinajstić information content (AvgIpc) is 2.99. The molecule has 40 heavy (non-hydrogen) atoms. The number of hydrogen-bond acceptors (Lipinski definition) is 9. The summed E-state index contributed by atoms with van der Waals surface area (Å²) in [5.41, 5.74) is 3.27. The number of carbonyl (C=O) groups is 2. The van der Waals surface area contributed by atoms with Crippen molar-refractivity contribution in [3.05, 3.63) is 83.9 Å². The quantitative estimate of drug-likeness (QED) is 0.151. The van der Waals surface area contributed by atoms with Gasteiger partial charge in [-0.1, -0.05) is 36.4 Å². The topological polar surface area (TPSA) is 114 Å². The molecule has 204 valence electrons. The lowest BCUT2D eigenvalue weighted by Gasteiger charge is -2.25. The van der Waals surface area contributed by atoms with Gasteiger partial charge in [-0.15, -0.1) is 0 Å². The summed E-state index contributed by atoms with van der Waals surface area (Å²) in [6.45, 7) is 0.0546. The molecular formula is C30H26N2O8. The van der Waals surface area contributed by atoms with E-state index < -0.39 is 18.0 Å². The van der Waals surface area contributed by atoms with Crippen molar-refractivity contribution in [1.29, 1.82) is 0 Å². The van der Waals surface area contributed by atoms with Crippen LogP contribution in [-0.4, -0.2) is 52.1 Å². The average molecular weight is 543 g/mol. The molecule has 0 aromatic heterocycles. The molecule has 0 aliphatic carbocycles. The van der Waals surface area contributed by atoms with E-state index in [1.807, 2.05) is 36.4 Å². The molecule has 4 aromatic rings. The van der Waals surface area contributed by atoms with Gasteiger partial charge in [0.2, 0.25) is 11.9 Å². The van der Waals surface area contributed by atoms with E-state index in [-0.39, 0.29) is 17.9 Å². The van der Waals surface area contributed by atoms with Crippen LogP contribution in [0.1, 0.15) is 15.9 Å². The Morgan fingerprint density at radius 2 is 1.57 bits per heavy atom. The molecule has 0 unspecified atom stereocenters. The zero-order chi connectivity index (χ0) is 28.1. The van der Waals surface area contributed by atoms with Crippen LogP contribution in [-0.2, 0) is 4.79 Å². The van der Waals surface area contributed by atoms with Crippen LogP contribution >= 0.6 is 0 Å². The number of nitrogens with zero attached hydrogens (tertiary/aromatic N) is 1. The highest BCUT2D eigenvalue weighted by molar-refractivity contribution is 5.93. The Morgan fingerprint density at radius 3 is 2.25 bits per heavy atom. The van der Waals surface area contributed by atoms with Crippen LogP contribution in [0.15, 0.2) is 77.9 Å². The van der Waals surface area contributed by atoms with Crippen molar-refractivity contribution in [3.63, 3.8) is 0 Å². The fourth-order valence-electron chi connectivity index (χ4n) is 4.15. The normalized spacial score (nSPS) is 14.0. The maximum absolute atomic E-state index is 12.8. The summed E-state index contributed by atoms with van der Waals surface area (Å²) in [5, 5.41) is 6.02. The van der Waals surface area contributed by atoms with Gasteiger partial charge in [-0.3, -0.25) is 4.79 Å². The molecule has 4 aromatic carbocycles. The Morgan fingerprint density at radius 1 is 0.875 bits per heavy atom. The van der Waals surface area contributed by atoms with Crippen LogP contribution < -0.4 is 33.8 Å². The number of esters is 1. The van der Waals surface area contributed by atoms with Gasteiger partial charge in [0.1, 0.15) is 12.4 Å². The molecule has 1 aliphatic heterocycles. The van der Waals surface area contributed by atoms with Gasteiger partial charge in [-0.05, 0) is 52.7 Å². The molecule has 1 heterocycles. The summed E-state index contributed by atoms with van der Waals surface area (Å²) < 4.78 is 33.0. The summed E-state index contributed by atoms with van der Waals surface area (Å²) in [7, 11) is 4.40. The number of nitrogens with one attached hydrogen (secondary N) is 1. The van der Waals surface area contributed by atoms with E-state index >= 15 is 0 Å². The first-order chi connectivity index (χ1) is 19.5. The molecule has 0 fully saturated rings. The van der Waals surface area contributed by atoms with Crippen molar-refractivity contribution in [1.82, 2.24) is 5.43 Å². The highest BCUT2D eigenvalue weighted by Gasteiger charge is 2.27. The number of amides is 1. The summed E-state index contributed by atoms with van der Waals surface area (Å²) in [6, 6.07) is 21.2. The predicted octanol–water partition coefficient (Wildman–Crippen LogP) is 4.37. The molecule has 10 nitrogen and oxygen atoms in total. The van der Waals surface area contributed by atoms with E-state index in [2.05, 4.69) is 10.5 Å². The smallest absolute Gasteiger partial charge is 0.343 e. The molecule has 10 heteroatoms. The SMILES string of the molecule is COc1cc(C(=O)Oc2cccc(/C=N/NC(=O)[C@H]3COc4cc5ccccc5cc4O3)c2)cc(OC)c1OC. The number of benzene rings is 4. The lowest BCUT2D eigenvalue weighted by atomic mass is 10.1. The summed E-state index contributed by atoms with van der Waals surface area (Å²) in [4.78, 5) is 25.5. The van der Waals surface area contributed by atoms with Gasteiger partial charge in [0.05, 0.1) is 33.1 Å². The van der Waals surface area contributed by atoms with Crippen molar-refractivity contribution in [3.8, 4) is 34.5 Å². The van der Waals surface area contributed by atoms with Crippen molar-refractivity contribution in [2.75, 3.05) is 27.9 Å². The minimum Gasteiger partial charge on any atom is -0.493 e. The molecule has 0 radical (unpaired) electrons. The molecule has 5 rings (SSSR count). The van der Waals surface area contributed by atoms with Gasteiger partial charge in [0, 0.05) is 0 Å². The standard InChI is InChI=1S/C30H26N2O8/c1-35-25-14-21(15-26(36-2)28(25)37-3)30(34)39-22-10-6-7-18(11-22)16-31-32-29(33)27-17-38-23-12-19-8-4-5-9-20(19)13-24(23)40-27/h4-16,27H,17H2,1-3H3,(H,32,33)/b31-16+/t27-/m1/s1. The molecule has 0 saturated carbocycles. The number of hydrazone groups is 1. The van der Waals surface area contributed by atoms with Crippen LogP contribution in [0.2, 0.25) is 0 Å². The fraction of sp³-hybridized carbons (Fsp3) is 0.167. The summed E-state index contributed by atoms with van der Waals surface area (Å²) in [6.07, 6.45) is 0.566. The summed E-state index contributed by atoms with van der Waals surface area (Å²) >= 11 is 0. The van der Waals surface area contributed by atoms with Gasteiger partial charge in [0.25, 0.3) is 5.91 Å². The maximum atomic E-state index is 12.8. The van der Waals surface area contributed by atoms with Gasteiger partial charge in [0.15, 0.2) is 23.0 Å². The van der Waals surface area contributed by atoms with Gasteiger partial charge < -0.3 is 28.4 Å². The van der Waals surface area contributed by atoms with Gasteiger partial charge in [-0.2, -0.15) is 5.10 Å². The number of hydrogen-bond donors (Lipinski definition) is 1. The van der Waals surface area contributed by atoms with Gasteiger partial charge in [-0.25, -0.2) is 10.2 Å². The van der Waals surface area contributed by atoms with Crippen molar-refractivity contribution < 1.29 is 38.0 Å². The van der Waals surface area contributed by atoms with E-state index in [4.69, 9.17) is 28.4 Å². The van der Waals surface area contributed by atoms with Crippen molar-refractivity contribution in [2.24, 2.45) is 5.10 Å². The lowest BCUT2D eigenvalue weighted by Crippen LogP contribution is -2.42. The Labute approximate surface area is 230 Å². The monoisotopic (exact) mass is 542 g/mol. The Kier molecular flexibility index (Phi) is 7.68. The molecular weight excluding hydrogens is 516 g/mol. The third kappa shape index (κ3) is 5.60. The first kappa shape index (κ1) is 26.4. The van der Waals surface area contributed by atoms with E-state index in [0.717, 1.165) is 10.8 Å². The fourth-order valence-corrected chi connectivity index (χ4v) is 4.15. The zero-order valence-electron chi connectivity index (χ0n) is 22.0. The molecule has 0 saturated heterocycles. The van der Waals surface area contributed by atoms with Crippen LogP contribution in [0.25, 0.3) is 10.8 Å². The second kappa shape index (κ2) is 11.6. The highest BCUT2D eigenvalue weighted by Crippen LogP contribution is 2.38. The predicted molar refractivity (Wildman–Crippen MR) is 147 cm³/mol. The number of rotatable bonds is 8. The van der Waals surface area contributed by atoms with E-state index in [0.29, 0.717) is 34.3 Å². The Bertz CT molecular complexity index is 1580. The zero-order valence-corrected chi connectivity index (χ0v) is 22.0. The van der Waals surface area contributed by atoms with Crippen LogP contribution in [0.3, 0.4) is 0 Å². The van der Waals surface area contributed by atoms with Crippen molar-refractivity contribution in [2.45, 2.75) is 6.10 Å². The molecule has 1 N–H and O–H groups in total. The highest BCUT2D eigenvalue weighted by atomic mass is 16.6. The Hall–Kier alpha value is -5.25. The molecule has 0 bridgehead atoms. The third-order valence-corrected chi connectivity index (χ3v) is 6.12. The molecule has 1 aliphatic rings. The number of fused-ring (bicyclic) bond motifs is 2. The van der Waals surface area contributed by atoms with Crippen LogP contribution in [0.4, 0.5) is 0 Å². The van der Waals surface area contributed by atoms with Crippen molar-refractivity contribution >= 4 is 28.9 Å². The van der Waals surface area contributed by atoms with E-state index in [1.165, 1.54) is 39.7 Å². The summed E-state index contributed by atoms with van der Waals surface area (Å²) in [5.74, 6) is 1.31. The minimum atomic E-state index is -0.864. The van der Waals surface area contributed by atoms with E-state index in [9.17, 15) is 9.59 Å². The largest absolute Gasteiger partial charge is 0.493 e. The number of carbonyl (C=O) groups excluding carboxylic acids is 2. The minimum absolute atomic E-state index is 0.0546. The third-order valence-electron chi connectivity index (χ3n) is 6.12. The maximum Gasteiger partial charge on any atom is 0.343 e. The lowest BCUT2D eigenvalue weighted by molar-refractivity contribution is -0.130. The first-order valence-corrected chi connectivity index (χ1v) is 12.3. The number of ether oxygens (including phenoxy) is 6. The van der Waals surface area contributed by atoms with Crippen LogP contribution in [0.5, 0.6) is 34.5 Å². The van der Waals surface area contributed by atoms with Gasteiger partial charge >= 0.3 is 5.97 Å². The number of methoxy groups -OCH3 is 3. The molecule has 1 amide bonds. The van der Waals surface area contributed by atoms with E-state index in [1.54, 1.807) is 24.3 Å². The second-order valence-corrected chi connectivity index (χ2v) is 8.67. The Balaban J connectivity index is 1.21. The first-order valence-electron chi connectivity index (χ1n) is 12.3. The molecule has 0 spiro atoms. The second-order valence-electron chi connectivity index (χ2n) is 8.67. The molecule has 1 atom stereocenters. The van der Waals surface area contributed by atoms with Crippen LogP contribution in [0, 0.1) is 0 Å².